The maximum absolute atomic E-state index is 12.6. The summed E-state index contributed by atoms with van der Waals surface area (Å²) in [5, 5.41) is 10.6. The monoisotopic (exact) mass is 895 g/mol. The molecule has 7 atom stereocenters. The van der Waals surface area contributed by atoms with Crippen molar-refractivity contribution in [2.45, 2.75) is 258 Å². The molecule has 0 radical (unpaired) electrons. The molecule has 7 unspecified atom stereocenters. The van der Waals surface area contributed by atoms with Crippen LogP contribution in [0.25, 0.3) is 0 Å². The predicted molar refractivity (Wildman–Crippen MR) is 254 cm³/mol. The van der Waals surface area contributed by atoms with Gasteiger partial charge < -0.3 is 28.8 Å². The summed E-state index contributed by atoms with van der Waals surface area (Å²) in [6.45, 7) is 19.9. The Balaban J connectivity index is 0.000000452. The minimum Gasteiger partial charge on any atom is -0.459 e. The Bertz CT molecular complexity index is 1520. The van der Waals surface area contributed by atoms with E-state index in [1.807, 2.05) is 55.4 Å². The number of ether oxygens (including phenoxy) is 5. The number of rotatable bonds is 10. The fourth-order valence-corrected chi connectivity index (χ4v) is 12.8. The number of fused-ring (bicyclic) bond motifs is 1. The first-order valence-electron chi connectivity index (χ1n) is 22.9. The third-order valence-corrected chi connectivity index (χ3v) is 17.0. The van der Waals surface area contributed by atoms with Crippen LogP contribution in [0.15, 0.2) is 0 Å². The first-order chi connectivity index (χ1) is 26.6. The van der Waals surface area contributed by atoms with Crippen LogP contribution < -0.4 is 0 Å². The molecule has 0 aromatic carbocycles. The predicted octanol–water partition coefficient (Wildman–Crippen LogP) is 12.5. The standard InChI is InChI=1S/C18H30O2.C16H26O3.C13H18O5.6CH4/c1-5-17(3,4)16(19)20-18(6-2)14-8-12-7-13(10-14)11-15(18)9-12;1-4-14(2,3)13(17)19-16-8-11-5-12(9-16)7-15(18,6-11)10-16;1-4-13(2,3)12(15)18-9-7-5-6-8(16-7)10(9)17-11(6)14;;;;;;/h12-15H,5-11H2,1-4H3;11-12,18H,4-10H2,1-3H3;6-10H,4-5H2,1-3H3;6*1H4. The molecule has 11 fully saturated rings. The molecule has 8 aliphatic carbocycles. The zero-order valence-electron chi connectivity index (χ0n) is 36.8. The minimum atomic E-state index is -0.555. The van der Waals surface area contributed by atoms with E-state index in [-0.39, 0.29) is 103 Å². The second-order valence-corrected chi connectivity index (χ2v) is 22.2. The summed E-state index contributed by atoms with van der Waals surface area (Å²) in [7, 11) is 0. The van der Waals surface area contributed by atoms with Crippen molar-refractivity contribution in [1.82, 2.24) is 0 Å². The topological polar surface area (TPSA) is 135 Å². The summed E-state index contributed by atoms with van der Waals surface area (Å²) in [5.74, 6) is 3.61. The molecule has 0 aromatic rings. The Morgan fingerprint density at radius 2 is 1.06 bits per heavy atom. The zero-order chi connectivity index (χ0) is 41.5. The van der Waals surface area contributed by atoms with Crippen LogP contribution in [-0.2, 0) is 42.9 Å². The second-order valence-electron chi connectivity index (χ2n) is 22.2. The van der Waals surface area contributed by atoms with E-state index in [4.69, 9.17) is 23.7 Å². The van der Waals surface area contributed by atoms with Crippen molar-refractivity contribution in [3.05, 3.63) is 0 Å². The maximum Gasteiger partial charge on any atom is 0.312 e. The van der Waals surface area contributed by atoms with Crippen molar-refractivity contribution in [2.75, 3.05) is 0 Å². The summed E-state index contributed by atoms with van der Waals surface area (Å²) in [6.07, 6.45) is 15.1. The van der Waals surface area contributed by atoms with Crippen molar-refractivity contribution >= 4 is 23.9 Å². The average molecular weight is 895 g/mol. The lowest BCUT2D eigenvalue weighted by Crippen LogP contribution is -2.61. The van der Waals surface area contributed by atoms with E-state index in [0.717, 1.165) is 56.8 Å². The fraction of sp³-hybridized carbons (Fsp3) is 0.925. The summed E-state index contributed by atoms with van der Waals surface area (Å²) in [6, 6.07) is 0. The van der Waals surface area contributed by atoms with E-state index in [9.17, 15) is 24.3 Å². The van der Waals surface area contributed by atoms with Gasteiger partial charge in [-0.1, -0.05) is 72.3 Å². The van der Waals surface area contributed by atoms with E-state index in [1.165, 1.54) is 38.5 Å². The first kappa shape index (κ1) is 58.8. The molecule has 3 heterocycles. The molecule has 11 aliphatic rings. The molecule has 0 aromatic heterocycles. The van der Waals surface area contributed by atoms with E-state index < -0.39 is 28.6 Å². The van der Waals surface area contributed by atoms with Crippen molar-refractivity contribution in [2.24, 2.45) is 57.7 Å². The van der Waals surface area contributed by atoms with Crippen LogP contribution in [0.1, 0.15) is 217 Å². The molecule has 8 saturated carbocycles. The molecule has 370 valence electrons. The first-order valence-corrected chi connectivity index (χ1v) is 22.9. The third kappa shape index (κ3) is 10.8. The van der Waals surface area contributed by atoms with Crippen LogP contribution in [-0.4, -0.2) is 70.2 Å². The third-order valence-electron chi connectivity index (χ3n) is 17.0. The molecular formula is C53H98O10. The van der Waals surface area contributed by atoms with Gasteiger partial charge in [0.15, 0.2) is 12.2 Å². The second kappa shape index (κ2) is 20.8. The molecule has 10 nitrogen and oxygen atoms in total. The number of hydrogen-bond donors (Lipinski definition) is 1. The Labute approximate surface area is 386 Å². The fourth-order valence-electron chi connectivity index (χ4n) is 12.8. The summed E-state index contributed by atoms with van der Waals surface area (Å²) < 4.78 is 28.7. The largest absolute Gasteiger partial charge is 0.459 e. The smallest absolute Gasteiger partial charge is 0.312 e. The van der Waals surface area contributed by atoms with Gasteiger partial charge in [0.25, 0.3) is 0 Å². The normalized spacial score (nSPS) is 38.7. The number of carbonyl (C=O) groups excluding carboxylic acids is 4. The lowest BCUT2D eigenvalue weighted by molar-refractivity contribution is -0.225. The molecular weight excluding hydrogens is 797 g/mol. The molecule has 10 heteroatoms. The lowest BCUT2D eigenvalue weighted by Gasteiger charge is -2.60. The maximum atomic E-state index is 12.6. The van der Waals surface area contributed by atoms with Gasteiger partial charge in [0.2, 0.25) is 0 Å². The van der Waals surface area contributed by atoms with E-state index >= 15 is 0 Å². The number of carbonyl (C=O) groups is 4. The number of esters is 4. The van der Waals surface area contributed by atoms with Gasteiger partial charge in [0.05, 0.1) is 33.9 Å². The number of hydrogen-bond acceptors (Lipinski definition) is 10. The zero-order valence-corrected chi connectivity index (χ0v) is 36.8. The van der Waals surface area contributed by atoms with Crippen LogP contribution in [0, 0.1) is 57.7 Å². The summed E-state index contributed by atoms with van der Waals surface area (Å²) in [4.78, 5) is 48.6. The van der Waals surface area contributed by atoms with Gasteiger partial charge in [0, 0.05) is 6.42 Å². The molecule has 0 spiro atoms. The van der Waals surface area contributed by atoms with Gasteiger partial charge in [-0.3, -0.25) is 19.2 Å². The summed E-state index contributed by atoms with van der Waals surface area (Å²) >= 11 is 0. The van der Waals surface area contributed by atoms with E-state index in [2.05, 4.69) is 13.8 Å². The molecule has 3 aliphatic heterocycles. The Morgan fingerprint density at radius 3 is 1.51 bits per heavy atom. The Morgan fingerprint density at radius 1 is 0.619 bits per heavy atom. The van der Waals surface area contributed by atoms with E-state index in [1.54, 1.807) is 0 Å². The highest BCUT2D eigenvalue weighted by Gasteiger charge is 2.65. The molecule has 1 N–H and O–H groups in total. The Kier molecular flexibility index (Phi) is 19.4. The van der Waals surface area contributed by atoms with Gasteiger partial charge in [-0.05, 0) is 173 Å². The highest BCUT2D eigenvalue weighted by atomic mass is 16.7. The van der Waals surface area contributed by atoms with Crippen molar-refractivity contribution in [1.29, 1.82) is 0 Å². The minimum absolute atomic E-state index is 0. The van der Waals surface area contributed by atoms with Gasteiger partial charge in [-0.15, -0.1) is 0 Å². The molecule has 0 amide bonds. The SMILES string of the molecule is C.C.C.C.C.C.CCC(C)(C)C(=O)OC1(CC)C2CC3CC(C2)CC1C3.CCC(C)(C)C(=O)OC12CC3CC(CC(O)(C3)C1)C2.CCC(C)(C)C(=O)OC1C2CC3C(=O)OC1C3O2. The molecule has 11 rings (SSSR count). The lowest BCUT2D eigenvalue weighted by atomic mass is 9.49. The van der Waals surface area contributed by atoms with Gasteiger partial charge in [0.1, 0.15) is 17.3 Å². The Hall–Kier alpha value is -2.20. The van der Waals surface area contributed by atoms with Crippen molar-refractivity contribution < 1.29 is 48.0 Å². The van der Waals surface area contributed by atoms with Gasteiger partial charge >= 0.3 is 23.9 Å². The molecule has 3 saturated heterocycles. The highest BCUT2D eigenvalue weighted by Crippen LogP contribution is 2.62. The van der Waals surface area contributed by atoms with Crippen molar-refractivity contribution in [3.63, 3.8) is 0 Å². The highest BCUT2D eigenvalue weighted by molar-refractivity contribution is 5.79. The summed E-state index contributed by atoms with van der Waals surface area (Å²) in [5.41, 5.74) is -2.30. The van der Waals surface area contributed by atoms with Crippen LogP contribution in [0.5, 0.6) is 0 Å². The van der Waals surface area contributed by atoms with Crippen LogP contribution >= 0.6 is 0 Å². The van der Waals surface area contributed by atoms with Crippen LogP contribution in [0.2, 0.25) is 0 Å². The quantitative estimate of drug-likeness (QED) is 0.167. The number of aliphatic hydroxyl groups is 1. The van der Waals surface area contributed by atoms with Crippen LogP contribution in [0.4, 0.5) is 0 Å². The van der Waals surface area contributed by atoms with E-state index in [0.29, 0.717) is 42.9 Å². The molecule has 63 heavy (non-hydrogen) atoms. The van der Waals surface area contributed by atoms with Crippen LogP contribution in [0.3, 0.4) is 0 Å². The van der Waals surface area contributed by atoms with Gasteiger partial charge in [-0.25, -0.2) is 0 Å². The van der Waals surface area contributed by atoms with Gasteiger partial charge in [-0.2, -0.15) is 0 Å². The van der Waals surface area contributed by atoms with Crippen molar-refractivity contribution in [3.8, 4) is 0 Å². The molecule has 10 bridgehead atoms. The average Bonchev–Trinajstić information content (AvgIpc) is 3.77.